The minimum atomic E-state index is -0.0987. The van der Waals surface area contributed by atoms with E-state index in [0.29, 0.717) is 0 Å². The van der Waals surface area contributed by atoms with Gasteiger partial charge < -0.3 is 15.0 Å². The number of amides is 1. The van der Waals surface area contributed by atoms with Gasteiger partial charge in [0, 0.05) is 27.3 Å². The monoisotopic (exact) mass is 228 g/mol. The number of nitrogens with zero attached hydrogens (tertiary/aromatic N) is 1. The van der Waals surface area contributed by atoms with Crippen LogP contribution < -0.4 is 5.32 Å². The first-order valence-electron chi connectivity index (χ1n) is 6.13. The van der Waals surface area contributed by atoms with Crippen molar-refractivity contribution in [2.75, 3.05) is 33.9 Å². The van der Waals surface area contributed by atoms with Gasteiger partial charge in [-0.2, -0.15) is 0 Å². The van der Waals surface area contributed by atoms with Gasteiger partial charge in [0.25, 0.3) is 0 Å². The zero-order valence-electron chi connectivity index (χ0n) is 10.7. The van der Waals surface area contributed by atoms with Gasteiger partial charge in [0.1, 0.15) is 0 Å². The van der Waals surface area contributed by atoms with Crippen molar-refractivity contribution in [3.63, 3.8) is 0 Å². The van der Waals surface area contributed by atoms with Crippen molar-refractivity contribution in [1.82, 2.24) is 10.2 Å². The van der Waals surface area contributed by atoms with E-state index in [1.807, 2.05) is 6.92 Å². The van der Waals surface area contributed by atoms with Gasteiger partial charge in [-0.05, 0) is 38.6 Å². The summed E-state index contributed by atoms with van der Waals surface area (Å²) in [6.45, 7) is 4.46. The Morgan fingerprint density at radius 3 is 2.75 bits per heavy atom. The minimum absolute atomic E-state index is 0.0987. The molecule has 1 N–H and O–H groups in total. The summed E-state index contributed by atoms with van der Waals surface area (Å²) in [5.41, 5.74) is 0. The number of likely N-dealkylation sites (N-methyl/N-ethyl adjacent to an activating group) is 1. The van der Waals surface area contributed by atoms with Gasteiger partial charge in [-0.25, -0.2) is 0 Å². The van der Waals surface area contributed by atoms with Crippen LogP contribution in [0.25, 0.3) is 0 Å². The highest BCUT2D eigenvalue weighted by Crippen LogP contribution is 2.28. The summed E-state index contributed by atoms with van der Waals surface area (Å²) in [5, 5.41) is 3.20. The quantitative estimate of drug-likeness (QED) is 0.627. The molecule has 0 spiro atoms. The second kappa shape index (κ2) is 6.86. The van der Waals surface area contributed by atoms with Crippen LogP contribution in [0.5, 0.6) is 0 Å². The molecule has 0 aromatic heterocycles. The van der Waals surface area contributed by atoms with E-state index in [1.165, 1.54) is 12.8 Å². The normalized spacial score (nSPS) is 17.2. The lowest BCUT2D eigenvalue weighted by Gasteiger charge is -2.17. The molecule has 1 fully saturated rings. The third-order valence-corrected chi connectivity index (χ3v) is 2.78. The first-order chi connectivity index (χ1) is 7.61. The molecule has 0 bridgehead atoms. The number of ether oxygens (including phenoxy) is 1. The second-order valence-corrected chi connectivity index (χ2v) is 4.78. The molecule has 1 rings (SSSR count). The van der Waals surface area contributed by atoms with Crippen LogP contribution in [0.1, 0.15) is 26.2 Å². The molecule has 1 unspecified atom stereocenters. The fraction of sp³-hybridized carbons (Fsp3) is 0.917. The highest BCUT2D eigenvalue weighted by atomic mass is 16.5. The molecule has 4 nitrogen and oxygen atoms in total. The molecule has 1 atom stereocenters. The van der Waals surface area contributed by atoms with Gasteiger partial charge in [0.05, 0.1) is 6.04 Å². The van der Waals surface area contributed by atoms with E-state index in [9.17, 15) is 4.79 Å². The standard InChI is InChI=1S/C12H24N2O2/c1-10(12(15)14(2)3)13-7-4-8-16-9-11-5-6-11/h10-11,13H,4-9H2,1-3H3. The number of nitrogens with one attached hydrogen (secondary N) is 1. The Morgan fingerprint density at radius 2 is 2.19 bits per heavy atom. The molecule has 0 saturated heterocycles. The van der Waals surface area contributed by atoms with Crippen molar-refractivity contribution in [3.8, 4) is 0 Å². The maximum absolute atomic E-state index is 11.5. The van der Waals surface area contributed by atoms with E-state index < -0.39 is 0 Å². The number of carbonyl (C=O) groups is 1. The third-order valence-electron chi connectivity index (χ3n) is 2.78. The summed E-state index contributed by atoms with van der Waals surface area (Å²) < 4.78 is 5.51. The molecule has 94 valence electrons. The Kier molecular flexibility index (Phi) is 5.77. The molecule has 4 heteroatoms. The van der Waals surface area contributed by atoms with Crippen LogP contribution in [0.4, 0.5) is 0 Å². The lowest BCUT2D eigenvalue weighted by Crippen LogP contribution is -2.42. The zero-order valence-corrected chi connectivity index (χ0v) is 10.7. The van der Waals surface area contributed by atoms with Crippen molar-refractivity contribution < 1.29 is 9.53 Å². The Bertz CT molecular complexity index is 215. The molecule has 0 aromatic carbocycles. The van der Waals surface area contributed by atoms with Crippen LogP contribution in [-0.2, 0) is 9.53 Å². The van der Waals surface area contributed by atoms with Crippen LogP contribution in [0, 0.1) is 5.92 Å². The van der Waals surface area contributed by atoms with E-state index in [-0.39, 0.29) is 11.9 Å². The molecule has 0 aliphatic heterocycles. The van der Waals surface area contributed by atoms with Crippen molar-refractivity contribution in [2.24, 2.45) is 5.92 Å². The molecule has 1 aliphatic carbocycles. The highest BCUT2D eigenvalue weighted by molar-refractivity contribution is 5.80. The van der Waals surface area contributed by atoms with E-state index in [0.717, 1.165) is 32.1 Å². The minimum Gasteiger partial charge on any atom is -0.381 e. The Balaban J connectivity index is 1.90. The predicted octanol–water partition coefficient (Wildman–Crippen LogP) is 0.869. The van der Waals surface area contributed by atoms with Crippen LogP contribution in [-0.4, -0.2) is 50.7 Å². The lowest BCUT2D eigenvalue weighted by molar-refractivity contribution is -0.130. The van der Waals surface area contributed by atoms with E-state index in [1.54, 1.807) is 19.0 Å². The largest absolute Gasteiger partial charge is 0.381 e. The topological polar surface area (TPSA) is 41.6 Å². The van der Waals surface area contributed by atoms with Gasteiger partial charge in [-0.15, -0.1) is 0 Å². The third kappa shape index (κ3) is 5.47. The first kappa shape index (κ1) is 13.5. The molecule has 0 aromatic rings. The average molecular weight is 228 g/mol. The summed E-state index contributed by atoms with van der Waals surface area (Å²) >= 11 is 0. The molecular weight excluding hydrogens is 204 g/mol. The highest BCUT2D eigenvalue weighted by Gasteiger charge is 2.20. The maximum atomic E-state index is 11.5. The number of hydrogen-bond acceptors (Lipinski definition) is 3. The Labute approximate surface area is 98.3 Å². The summed E-state index contributed by atoms with van der Waals surface area (Å²) in [6.07, 6.45) is 3.65. The van der Waals surface area contributed by atoms with Crippen LogP contribution in [0.2, 0.25) is 0 Å². The fourth-order valence-electron chi connectivity index (χ4n) is 1.50. The van der Waals surface area contributed by atoms with Crippen LogP contribution >= 0.6 is 0 Å². The number of carbonyl (C=O) groups excluding carboxylic acids is 1. The van der Waals surface area contributed by atoms with Crippen molar-refractivity contribution in [1.29, 1.82) is 0 Å². The van der Waals surface area contributed by atoms with Crippen LogP contribution in [0.3, 0.4) is 0 Å². The Hall–Kier alpha value is -0.610. The van der Waals surface area contributed by atoms with Gasteiger partial charge in [0.2, 0.25) is 5.91 Å². The van der Waals surface area contributed by atoms with Gasteiger partial charge in [0.15, 0.2) is 0 Å². The lowest BCUT2D eigenvalue weighted by atomic mass is 10.3. The molecular formula is C12H24N2O2. The van der Waals surface area contributed by atoms with Crippen LogP contribution in [0.15, 0.2) is 0 Å². The summed E-state index contributed by atoms with van der Waals surface area (Å²) in [4.78, 5) is 13.1. The molecule has 1 amide bonds. The summed E-state index contributed by atoms with van der Waals surface area (Å²) in [6, 6.07) is -0.0987. The fourth-order valence-corrected chi connectivity index (χ4v) is 1.50. The van der Waals surface area contributed by atoms with Crippen molar-refractivity contribution in [3.05, 3.63) is 0 Å². The molecule has 16 heavy (non-hydrogen) atoms. The first-order valence-corrected chi connectivity index (χ1v) is 6.13. The zero-order chi connectivity index (χ0) is 12.0. The SMILES string of the molecule is CC(NCCCOCC1CC1)C(=O)N(C)C. The van der Waals surface area contributed by atoms with Gasteiger partial charge in [-0.3, -0.25) is 4.79 Å². The van der Waals surface area contributed by atoms with E-state index >= 15 is 0 Å². The molecule has 0 heterocycles. The average Bonchev–Trinajstić information content (AvgIpc) is 3.05. The molecule has 1 aliphatic rings. The predicted molar refractivity (Wildman–Crippen MR) is 64.3 cm³/mol. The van der Waals surface area contributed by atoms with Gasteiger partial charge in [-0.1, -0.05) is 0 Å². The summed E-state index contributed by atoms with van der Waals surface area (Å²) in [5.74, 6) is 0.959. The maximum Gasteiger partial charge on any atom is 0.238 e. The number of rotatable bonds is 8. The van der Waals surface area contributed by atoms with Crippen molar-refractivity contribution in [2.45, 2.75) is 32.2 Å². The van der Waals surface area contributed by atoms with E-state index in [4.69, 9.17) is 4.74 Å². The van der Waals surface area contributed by atoms with Gasteiger partial charge >= 0.3 is 0 Å². The molecule has 1 saturated carbocycles. The van der Waals surface area contributed by atoms with E-state index in [2.05, 4.69) is 5.32 Å². The Morgan fingerprint density at radius 1 is 1.50 bits per heavy atom. The smallest absolute Gasteiger partial charge is 0.238 e. The summed E-state index contributed by atoms with van der Waals surface area (Å²) in [7, 11) is 3.55. The molecule has 0 radical (unpaired) electrons. The van der Waals surface area contributed by atoms with Crippen molar-refractivity contribution >= 4 is 5.91 Å². The number of hydrogen-bond donors (Lipinski definition) is 1. The second-order valence-electron chi connectivity index (χ2n) is 4.78.